The fourth-order valence-corrected chi connectivity index (χ4v) is 2.93. The Balaban J connectivity index is 2.02. The van der Waals surface area contributed by atoms with Crippen LogP contribution in [0.3, 0.4) is 0 Å². The minimum Gasteiger partial charge on any atom is -0.372 e. The van der Waals surface area contributed by atoms with Crippen molar-refractivity contribution in [1.82, 2.24) is 5.32 Å². The van der Waals surface area contributed by atoms with E-state index in [9.17, 15) is 0 Å². The van der Waals surface area contributed by atoms with E-state index in [1.54, 1.807) is 0 Å². The molecule has 1 aromatic rings. The molecule has 1 fully saturated rings. The van der Waals surface area contributed by atoms with Gasteiger partial charge in [0.2, 0.25) is 0 Å². The molecule has 19 heavy (non-hydrogen) atoms. The van der Waals surface area contributed by atoms with Gasteiger partial charge in [0.15, 0.2) is 0 Å². The van der Waals surface area contributed by atoms with Crippen molar-refractivity contribution in [2.24, 2.45) is 5.92 Å². The minimum absolute atomic E-state index is 0.482. The van der Waals surface area contributed by atoms with Gasteiger partial charge in [0.1, 0.15) is 0 Å². The van der Waals surface area contributed by atoms with E-state index in [2.05, 4.69) is 48.3 Å². The van der Waals surface area contributed by atoms with Crippen LogP contribution in [0.15, 0.2) is 24.3 Å². The van der Waals surface area contributed by atoms with Gasteiger partial charge >= 0.3 is 0 Å². The molecule has 0 radical (unpaired) electrons. The van der Waals surface area contributed by atoms with Gasteiger partial charge in [0.25, 0.3) is 0 Å². The highest BCUT2D eigenvalue weighted by Gasteiger charge is 2.20. The smallest absolute Gasteiger partial charge is 0.0366 e. The molecular formula is C17H28N2. The molecule has 2 nitrogen and oxygen atoms in total. The molecule has 0 amide bonds. The van der Waals surface area contributed by atoms with Crippen LogP contribution in [0, 0.1) is 5.92 Å². The fraction of sp³-hybridized carbons (Fsp3) is 0.647. The summed E-state index contributed by atoms with van der Waals surface area (Å²) in [6.45, 7) is 6.83. The van der Waals surface area contributed by atoms with E-state index in [4.69, 9.17) is 0 Å². The van der Waals surface area contributed by atoms with Crippen LogP contribution >= 0.6 is 0 Å². The first-order valence-corrected chi connectivity index (χ1v) is 7.80. The molecule has 1 unspecified atom stereocenters. The number of rotatable bonds is 7. The lowest BCUT2D eigenvalue weighted by Crippen LogP contribution is -2.32. The Hall–Kier alpha value is -1.02. The molecule has 1 aliphatic carbocycles. The molecule has 0 aliphatic heterocycles. The average Bonchev–Trinajstić information content (AvgIpc) is 2.40. The lowest BCUT2D eigenvalue weighted by molar-refractivity contribution is 0.318. The average molecular weight is 260 g/mol. The molecule has 1 N–H and O–H groups in total. The van der Waals surface area contributed by atoms with Crippen LogP contribution in [0.2, 0.25) is 0 Å². The second-order valence-electron chi connectivity index (χ2n) is 5.68. The molecule has 1 saturated carbocycles. The maximum atomic E-state index is 3.37. The minimum atomic E-state index is 0.482. The van der Waals surface area contributed by atoms with Crippen molar-refractivity contribution in [1.29, 1.82) is 0 Å². The van der Waals surface area contributed by atoms with Gasteiger partial charge in [-0.05, 0) is 56.8 Å². The molecule has 106 valence electrons. The van der Waals surface area contributed by atoms with Gasteiger partial charge in [-0.15, -0.1) is 0 Å². The van der Waals surface area contributed by atoms with E-state index in [0.29, 0.717) is 6.04 Å². The van der Waals surface area contributed by atoms with E-state index >= 15 is 0 Å². The summed E-state index contributed by atoms with van der Waals surface area (Å²) in [4.78, 5) is 2.52. The highest BCUT2D eigenvalue weighted by molar-refractivity contribution is 5.48. The molecule has 0 spiro atoms. The van der Waals surface area contributed by atoms with Crippen molar-refractivity contribution in [3.05, 3.63) is 29.8 Å². The van der Waals surface area contributed by atoms with E-state index < -0.39 is 0 Å². The normalized spacial score (nSPS) is 17.0. The number of nitrogens with one attached hydrogen (secondary N) is 1. The van der Waals surface area contributed by atoms with Crippen LogP contribution in [0.4, 0.5) is 5.69 Å². The quantitative estimate of drug-likeness (QED) is 0.797. The molecular weight excluding hydrogens is 232 g/mol. The maximum Gasteiger partial charge on any atom is 0.0366 e. The van der Waals surface area contributed by atoms with Gasteiger partial charge in [-0.1, -0.05) is 25.5 Å². The van der Waals surface area contributed by atoms with Gasteiger partial charge in [-0.2, -0.15) is 0 Å². The fourth-order valence-electron chi connectivity index (χ4n) is 2.93. The Kier molecular flexibility index (Phi) is 5.26. The third-order valence-corrected chi connectivity index (χ3v) is 4.50. The molecule has 0 bridgehead atoms. The van der Waals surface area contributed by atoms with Gasteiger partial charge in [-0.25, -0.2) is 0 Å². The zero-order valence-corrected chi connectivity index (χ0v) is 12.7. The zero-order chi connectivity index (χ0) is 13.7. The summed E-state index contributed by atoms with van der Waals surface area (Å²) < 4.78 is 0. The lowest BCUT2D eigenvalue weighted by atomic mass is 9.85. The van der Waals surface area contributed by atoms with Crippen molar-refractivity contribution >= 4 is 5.69 Å². The third kappa shape index (κ3) is 3.50. The Morgan fingerprint density at radius 2 is 1.89 bits per heavy atom. The monoisotopic (exact) mass is 260 g/mol. The number of nitrogens with zero attached hydrogens (tertiary/aromatic N) is 1. The topological polar surface area (TPSA) is 15.3 Å². The number of hydrogen-bond donors (Lipinski definition) is 1. The Bertz CT molecular complexity index is 363. The maximum absolute atomic E-state index is 3.37. The summed E-state index contributed by atoms with van der Waals surface area (Å²) in [7, 11) is 2.04. The second kappa shape index (κ2) is 6.95. The van der Waals surface area contributed by atoms with Crippen molar-refractivity contribution in [2.45, 2.75) is 45.6 Å². The summed E-state index contributed by atoms with van der Waals surface area (Å²) in [6.07, 6.45) is 5.41. The summed E-state index contributed by atoms with van der Waals surface area (Å²) >= 11 is 0. The molecule has 0 heterocycles. The summed E-state index contributed by atoms with van der Waals surface area (Å²) in [5.74, 6) is 0.931. The van der Waals surface area contributed by atoms with Crippen LogP contribution in [0.5, 0.6) is 0 Å². The van der Waals surface area contributed by atoms with E-state index in [1.165, 1.54) is 37.1 Å². The lowest BCUT2D eigenvalue weighted by Gasteiger charge is -2.33. The standard InChI is InChI=1S/C17H28N2/c1-4-17(18-3)15-9-11-16(12-10-15)19(5-2)13-14-7-6-8-14/h9-12,14,17-18H,4-8,13H2,1-3H3. The van der Waals surface area contributed by atoms with Gasteiger partial charge in [-0.3, -0.25) is 0 Å². The molecule has 0 aromatic heterocycles. The number of benzene rings is 1. The zero-order valence-electron chi connectivity index (χ0n) is 12.7. The highest BCUT2D eigenvalue weighted by Crippen LogP contribution is 2.29. The largest absolute Gasteiger partial charge is 0.372 e. The molecule has 2 rings (SSSR count). The molecule has 1 aromatic carbocycles. The van der Waals surface area contributed by atoms with Crippen LogP contribution in [0.1, 0.15) is 51.1 Å². The van der Waals surface area contributed by atoms with Crippen LogP contribution in [0.25, 0.3) is 0 Å². The number of anilines is 1. The van der Waals surface area contributed by atoms with Crippen LogP contribution < -0.4 is 10.2 Å². The molecule has 1 aliphatic rings. The van der Waals surface area contributed by atoms with Gasteiger partial charge in [0, 0.05) is 24.8 Å². The Labute approximate surface area is 118 Å². The first-order valence-electron chi connectivity index (χ1n) is 7.80. The van der Waals surface area contributed by atoms with Gasteiger partial charge < -0.3 is 10.2 Å². The molecule has 2 heteroatoms. The second-order valence-corrected chi connectivity index (χ2v) is 5.68. The predicted octanol–water partition coefficient (Wildman–Crippen LogP) is 3.98. The van der Waals surface area contributed by atoms with Crippen LogP contribution in [-0.4, -0.2) is 20.1 Å². The first kappa shape index (κ1) is 14.4. The van der Waals surface area contributed by atoms with Crippen molar-refractivity contribution < 1.29 is 0 Å². The molecule has 0 saturated heterocycles. The summed E-state index contributed by atoms with van der Waals surface area (Å²) in [6, 6.07) is 9.62. The van der Waals surface area contributed by atoms with Crippen molar-refractivity contribution in [3.63, 3.8) is 0 Å². The number of hydrogen-bond acceptors (Lipinski definition) is 2. The summed E-state index contributed by atoms with van der Waals surface area (Å²) in [5.41, 5.74) is 2.78. The van der Waals surface area contributed by atoms with Gasteiger partial charge in [0.05, 0.1) is 0 Å². The van der Waals surface area contributed by atoms with Crippen molar-refractivity contribution in [3.8, 4) is 0 Å². The molecule has 1 atom stereocenters. The summed E-state index contributed by atoms with van der Waals surface area (Å²) in [5, 5.41) is 3.37. The predicted molar refractivity (Wildman–Crippen MR) is 83.8 cm³/mol. The van der Waals surface area contributed by atoms with E-state index in [-0.39, 0.29) is 0 Å². The third-order valence-electron chi connectivity index (χ3n) is 4.50. The highest BCUT2D eigenvalue weighted by atomic mass is 15.1. The van der Waals surface area contributed by atoms with Crippen molar-refractivity contribution in [2.75, 3.05) is 25.0 Å². The van der Waals surface area contributed by atoms with E-state index in [1.807, 2.05) is 7.05 Å². The SMILES string of the molecule is CCC(NC)c1ccc(N(CC)CC2CCC2)cc1. The van der Waals surface area contributed by atoms with E-state index in [0.717, 1.165) is 18.9 Å². The first-order chi connectivity index (χ1) is 9.28. The Morgan fingerprint density at radius 3 is 2.32 bits per heavy atom. The Morgan fingerprint density at radius 1 is 1.21 bits per heavy atom. The van der Waals surface area contributed by atoms with Crippen LogP contribution in [-0.2, 0) is 0 Å².